The summed E-state index contributed by atoms with van der Waals surface area (Å²) in [7, 11) is 0. The molecular weight excluding hydrogens is 939 g/mol. The maximum Gasteiger partial charge on any atom is 0.0511 e. The van der Waals surface area contributed by atoms with E-state index in [0.29, 0.717) is 0 Å². The number of carbonyl (C=O) groups is 4. The molecule has 13 heteroatoms. The van der Waals surface area contributed by atoms with E-state index < -0.39 is 23.9 Å². The van der Waals surface area contributed by atoms with Crippen LogP contribution in [0, 0.1) is 0 Å². The summed E-state index contributed by atoms with van der Waals surface area (Å²) in [6, 6.07) is 0. The van der Waals surface area contributed by atoms with Crippen molar-refractivity contribution in [3.8, 4) is 0 Å². The van der Waals surface area contributed by atoms with E-state index in [4.69, 9.17) is 0 Å². The Kier molecular flexibility index (Phi) is 48.3. The second kappa shape index (κ2) is 29.7. The van der Waals surface area contributed by atoms with Crippen molar-refractivity contribution < 1.29 is 39.6 Å². The molecule has 0 heterocycles. The SMILES string of the molecule is O=C([O-])CI.O=C([O-])CI.O=C([O-])CI.O=C([O-])CI.[Pb]. The molecule has 0 amide bonds. The van der Waals surface area contributed by atoms with E-state index in [2.05, 4.69) is 0 Å². The van der Waals surface area contributed by atoms with Crippen LogP contribution in [0.25, 0.3) is 0 Å². The van der Waals surface area contributed by atoms with E-state index in [9.17, 15) is 39.6 Å². The molecule has 0 aromatic carbocycles. The van der Waals surface area contributed by atoms with Crippen LogP contribution in [0.15, 0.2) is 0 Å². The molecule has 21 heavy (non-hydrogen) atoms. The fraction of sp³-hybridized carbons (Fsp3) is 0.500. The summed E-state index contributed by atoms with van der Waals surface area (Å²) in [6.07, 6.45) is 0. The summed E-state index contributed by atoms with van der Waals surface area (Å²) >= 11 is 6.86. The summed E-state index contributed by atoms with van der Waals surface area (Å²) < 4.78 is 0.324. The zero-order valence-corrected chi connectivity index (χ0v) is 22.6. The fourth-order valence-corrected chi connectivity index (χ4v) is 0. The van der Waals surface area contributed by atoms with Gasteiger partial charge in [0.05, 0.1) is 23.9 Å². The maximum absolute atomic E-state index is 9.25. The molecule has 0 saturated heterocycles. The van der Waals surface area contributed by atoms with E-state index in [0.717, 1.165) is 0 Å². The van der Waals surface area contributed by atoms with Crippen molar-refractivity contribution in [3.05, 3.63) is 0 Å². The summed E-state index contributed by atoms with van der Waals surface area (Å²) in [5, 5.41) is 37.0. The molecule has 8 nitrogen and oxygen atoms in total. The van der Waals surface area contributed by atoms with Gasteiger partial charge in [-0.3, -0.25) is 0 Å². The quantitative estimate of drug-likeness (QED) is 0.158. The molecule has 0 fully saturated rings. The molecule has 0 N–H and O–H groups in total. The first kappa shape index (κ1) is 34.1. The van der Waals surface area contributed by atoms with Crippen LogP contribution in [-0.2, 0) is 19.2 Å². The number of carboxylic acid groups (broad SMARTS) is 4. The van der Waals surface area contributed by atoms with Gasteiger partial charge in [0.2, 0.25) is 0 Å². The van der Waals surface area contributed by atoms with Gasteiger partial charge in [0, 0.05) is 45.0 Å². The normalized spacial score (nSPS) is 7.05. The van der Waals surface area contributed by atoms with Crippen LogP contribution in [0.5, 0.6) is 0 Å². The van der Waals surface area contributed by atoms with Crippen molar-refractivity contribution in [2.24, 2.45) is 0 Å². The Morgan fingerprint density at radius 1 is 0.524 bits per heavy atom. The summed E-state index contributed by atoms with van der Waals surface area (Å²) in [4.78, 5) is 37.0. The van der Waals surface area contributed by atoms with E-state index in [1.165, 1.54) is 0 Å². The maximum atomic E-state index is 9.25. The molecule has 0 atom stereocenters. The molecule has 4 radical (unpaired) electrons. The third-order valence-electron chi connectivity index (χ3n) is 0.436. The summed E-state index contributed by atoms with van der Waals surface area (Å²) in [5.74, 6) is -4.03. The molecule has 0 bridgehead atoms. The first-order chi connectivity index (χ1) is 9.08. The van der Waals surface area contributed by atoms with Gasteiger partial charge in [0.1, 0.15) is 0 Å². The minimum atomic E-state index is -1.01. The van der Waals surface area contributed by atoms with Gasteiger partial charge in [-0.25, -0.2) is 0 Å². The van der Waals surface area contributed by atoms with E-state index >= 15 is 0 Å². The average molecular weight is 947 g/mol. The molecule has 0 aromatic rings. The van der Waals surface area contributed by atoms with Crippen molar-refractivity contribution >= 4 is 142 Å². The van der Waals surface area contributed by atoms with Crippen LogP contribution >= 0.6 is 90.4 Å². The Labute approximate surface area is 195 Å². The molecule has 0 spiro atoms. The number of alkyl halides is 4. The van der Waals surface area contributed by atoms with E-state index in [1.807, 2.05) is 0 Å². The van der Waals surface area contributed by atoms with Gasteiger partial charge in [-0.2, -0.15) is 0 Å². The standard InChI is InChI=1S/4C2H3IO2.Pb/c4*3-1-2(4)5;/h4*1H2,(H,4,5);/p-4. The predicted molar refractivity (Wildman–Crippen MR) is 101 cm³/mol. The molecule has 0 saturated carbocycles. The minimum Gasteiger partial charge on any atom is -0.549 e. The average Bonchev–Trinajstić information content (AvgIpc) is 2.40. The van der Waals surface area contributed by atoms with Gasteiger partial charge in [0.25, 0.3) is 0 Å². The zero-order chi connectivity index (χ0) is 17.1. The van der Waals surface area contributed by atoms with Gasteiger partial charge < -0.3 is 39.6 Å². The molecule has 0 unspecified atom stereocenters. The van der Waals surface area contributed by atoms with Gasteiger partial charge in [-0.05, 0) is 0 Å². The molecule has 0 rings (SSSR count). The molecule has 0 aliphatic heterocycles. The van der Waals surface area contributed by atoms with Crippen LogP contribution in [0.3, 0.4) is 0 Å². The number of halogens is 4. The third-order valence-corrected chi connectivity index (χ3v) is 2.93. The number of carboxylic acids is 4. The number of rotatable bonds is 4. The molecule has 124 valence electrons. The van der Waals surface area contributed by atoms with Crippen molar-refractivity contribution in [3.63, 3.8) is 0 Å². The second-order valence-corrected chi connectivity index (χ2v) is 5.07. The number of hydrogen-bond donors (Lipinski definition) is 0. The van der Waals surface area contributed by atoms with E-state index in [1.54, 1.807) is 90.4 Å². The van der Waals surface area contributed by atoms with Crippen LogP contribution in [-0.4, -0.2) is 68.9 Å². The Morgan fingerprint density at radius 3 is 0.571 bits per heavy atom. The second-order valence-electron chi connectivity index (χ2n) is 2.02. The Bertz CT molecular complexity index is 233. The van der Waals surface area contributed by atoms with Crippen LogP contribution in [0.1, 0.15) is 0 Å². The Hall–Kier alpha value is 1.72. The smallest absolute Gasteiger partial charge is 0.0511 e. The topological polar surface area (TPSA) is 161 Å². The largest absolute Gasteiger partial charge is 0.549 e. The van der Waals surface area contributed by atoms with Gasteiger partial charge in [-0.15, -0.1) is 0 Å². The first-order valence-electron chi connectivity index (χ1n) is 4.12. The van der Waals surface area contributed by atoms with Crippen LogP contribution in [0.2, 0.25) is 0 Å². The Balaban J connectivity index is -0.0000000533. The molecule has 0 aliphatic carbocycles. The van der Waals surface area contributed by atoms with Crippen molar-refractivity contribution in [2.45, 2.75) is 0 Å². The first-order valence-corrected chi connectivity index (χ1v) is 10.2. The zero-order valence-electron chi connectivity index (χ0n) is 10.1. The molecular formula is C8H8I4O8Pb-4. The van der Waals surface area contributed by atoms with Gasteiger partial charge >= 0.3 is 0 Å². The minimum absolute atomic E-state index is 0. The summed E-state index contributed by atoms with van der Waals surface area (Å²) in [6.45, 7) is 0. The number of hydrogen-bond acceptors (Lipinski definition) is 8. The Morgan fingerprint density at radius 2 is 0.571 bits per heavy atom. The summed E-state index contributed by atoms with van der Waals surface area (Å²) in [5.41, 5.74) is 0. The molecule has 0 aromatic heterocycles. The number of aliphatic carboxylic acids is 4. The third kappa shape index (κ3) is 89.4. The monoisotopic (exact) mass is 948 g/mol. The van der Waals surface area contributed by atoms with E-state index in [-0.39, 0.29) is 45.0 Å². The van der Waals surface area contributed by atoms with Crippen molar-refractivity contribution in [1.82, 2.24) is 0 Å². The van der Waals surface area contributed by atoms with Crippen LogP contribution in [0.4, 0.5) is 0 Å². The predicted octanol–water partition coefficient (Wildman–Crippen LogP) is -3.70. The van der Waals surface area contributed by atoms with Gasteiger partial charge in [0.15, 0.2) is 0 Å². The molecule has 0 aliphatic rings. The van der Waals surface area contributed by atoms with Crippen molar-refractivity contribution in [2.75, 3.05) is 17.7 Å². The van der Waals surface area contributed by atoms with Crippen molar-refractivity contribution in [1.29, 1.82) is 0 Å². The van der Waals surface area contributed by atoms with Crippen LogP contribution < -0.4 is 20.4 Å². The fourth-order valence-electron chi connectivity index (χ4n) is 0. The van der Waals surface area contributed by atoms with Gasteiger partial charge in [-0.1, -0.05) is 90.4 Å². The number of carbonyl (C=O) groups excluding carboxylic acids is 4.